The number of hydrogen-bond acceptors (Lipinski definition) is 3. The number of aryl methyl sites for hydroxylation is 1. The van der Waals surface area contributed by atoms with Crippen LogP contribution in [-0.4, -0.2) is 23.1 Å². The summed E-state index contributed by atoms with van der Waals surface area (Å²) in [5.41, 5.74) is 2.17. The van der Waals surface area contributed by atoms with Crippen LogP contribution in [0.4, 0.5) is 0 Å². The van der Waals surface area contributed by atoms with Gasteiger partial charge in [-0.1, -0.05) is 43.0 Å². The first-order chi connectivity index (χ1) is 14.0. The lowest BCUT2D eigenvalue weighted by molar-refractivity contribution is 0.361. The topological polar surface area (TPSA) is 66.2 Å². The zero-order chi connectivity index (χ0) is 20.3. The van der Waals surface area contributed by atoms with E-state index >= 15 is 0 Å². The second-order valence-corrected chi connectivity index (χ2v) is 8.28. The van der Waals surface area contributed by atoms with E-state index in [0.717, 1.165) is 28.7 Å². The molecule has 3 aromatic heterocycles. The first-order valence-electron chi connectivity index (χ1n) is 9.92. The van der Waals surface area contributed by atoms with Crippen LogP contribution in [0.3, 0.4) is 0 Å². The van der Waals surface area contributed by atoms with Crippen molar-refractivity contribution in [2.75, 3.05) is 0 Å². The maximum atomic E-state index is 12.9. The normalized spacial score (nSPS) is 15.6. The molecule has 0 unspecified atom stereocenters. The maximum Gasteiger partial charge on any atom is 0.332 e. The van der Waals surface area contributed by atoms with Crippen molar-refractivity contribution in [3.05, 3.63) is 56.3 Å². The van der Waals surface area contributed by atoms with Crippen LogP contribution in [-0.2, 0) is 14.1 Å². The molecule has 3 heterocycles. The zero-order valence-electron chi connectivity index (χ0n) is 16.4. The molecule has 0 saturated heterocycles. The van der Waals surface area contributed by atoms with E-state index in [9.17, 15) is 9.59 Å². The average Bonchev–Trinajstić information content (AvgIpc) is 3.28. The van der Waals surface area contributed by atoms with Gasteiger partial charge < -0.3 is 4.57 Å². The quantitative estimate of drug-likeness (QED) is 0.507. The molecule has 5 rings (SSSR count). The summed E-state index contributed by atoms with van der Waals surface area (Å²) in [5, 5.41) is 0.684. The largest absolute Gasteiger partial charge is 0.332 e. The van der Waals surface area contributed by atoms with Crippen molar-refractivity contribution < 1.29 is 0 Å². The summed E-state index contributed by atoms with van der Waals surface area (Å²) in [6.07, 6.45) is 7.71. The minimum atomic E-state index is -0.370. The van der Waals surface area contributed by atoms with Crippen molar-refractivity contribution in [2.45, 2.75) is 38.1 Å². The Morgan fingerprint density at radius 1 is 1.00 bits per heavy atom. The van der Waals surface area contributed by atoms with Gasteiger partial charge in [-0.15, -0.1) is 0 Å². The Morgan fingerprint density at radius 3 is 2.38 bits per heavy atom. The molecule has 1 fully saturated rings. The fraction of sp³-hybridized carbons (Fsp3) is 0.381. The van der Waals surface area contributed by atoms with E-state index in [1.807, 2.05) is 34.9 Å². The predicted octanol–water partition coefficient (Wildman–Crippen LogP) is 3.51. The van der Waals surface area contributed by atoms with Gasteiger partial charge >= 0.3 is 5.69 Å². The van der Waals surface area contributed by atoms with Gasteiger partial charge in [0.25, 0.3) is 5.56 Å². The molecule has 0 bridgehead atoms. The van der Waals surface area contributed by atoms with Crippen molar-refractivity contribution in [1.29, 1.82) is 0 Å². The van der Waals surface area contributed by atoms with E-state index in [2.05, 4.69) is 4.57 Å². The summed E-state index contributed by atoms with van der Waals surface area (Å²) in [4.78, 5) is 30.0. The Labute approximate surface area is 171 Å². The summed E-state index contributed by atoms with van der Waals surface area (Å²) in [6.45, 7) is 0. The number of imidazole rings is 2. The molecule has 0 N–H and O–H groups in total. The Morgan fingerprint density at radius 2 is 1.69 bits per heavy atom. The molecular formula is C21H22ClN5O2. The molecule has 0 spiro atoms. The van der Waals surface area contributed by atoms with Crippen molar-refractivity contribution in [2.24, 2.45) is 14.1 Å². The highest BCUT2D eigenvalue weighted by Crippen LogP contribution is 2.36. The summed E-state index contributed by atoms with van der Waals surface area (Å²) < 4.78 is 6.66. The third-order valence-corrected chi connectivity index (χ3v) is 6.33. The Bertz CT molecular complexity index is 1350. The highest BCUT2D eigenvalue weighted by molar-refractivity contribution is 6.30. The molecule has 1 aliphatic rings. The molecule has 7 nitrogen and oxygen atoms in total. The van der Waals surface area contributed by atoms with Crippen molar-refractivity contribution in [3.8, 4) is 11.3 Å². The fourth-order valence-electron chi connectivity index (χ4n) is 4.52. The van der Waals surface area contributed by atoms with Crippen LogP contribution in [0.1, 0.15) is 38.1 Å². The maximum absolute atomic E-state index is 12.9. The standard InChI is InChI=1S/C21H22ClN5O2/c1-24-18-17(19(28)25(2)21(24)29)26-12-16(13-8-10-14(22)11-9-13)27(20(26)23-18)15-6-4-3-5-7-15/h8-12,15H,3-7H2,1-2H3. The van der Waals surface area contributed by atoms with E-state index in [0.29, 0.717) is 28.0 Å². The predicted molar refractivity (Wildman–Crippen MR) is 114 cm³/mol. The molecule has 0 atom stereocenters. The number of halogens is 1. The molecule has 4 aromatic rings. The molecule has 29 heavy (non-hydrogen) atoms. The first kappa shape index (κ1) is 18.2. The fourth-order valence-corrected chi connectivity index (χ4v) is 4.65. The second-order valence-electron chi connectivity index (χ2n) is 7.84. The highest BCUT2D eigenvalue weighted by Gasteiger charge is 2.25. The molecule has 8 heteroatoms. The SMILES string of the molecule is Cn1c(=O)c2c(nc3n(C4CCCCC4)c(-c4ccc(Cl)cc4)cn23)n(C)c1=O. The second kappa shape index (κ2) is 6.62. The number of rotatable bonds is 2. The Kier molecular flexibility index (Phi) is 4.17. The molecule has 0 amide bonds. The lowest BCUT2D eigenvalue weighted by Crippen LogP contribution is -2.37. The van der Waals surface area contributed by atoms with E-state index in [1.54, 1.807) is 7.05 Å². The number of benzene rings is 1. The van der Waals surface area contributed by atoms with Gasteiger partial charge in [-0.25, -0.2) is 4.79 Å². The summed E-state index contributed by atoms with van der Waals surface area (Å²) >= 11 is 6.09. The smallest absolute Gasteiger partial charge is 0.306 e. The van der Waals surface area contributed by atoms with Crippen LogP contribution in [0.25, 0.3) is 28.2 Å². The van der Waals surface area contributed by atoms with Crippen LogP contribution >= 0.6 is 11.6 Å². The van der Waals surface area contributed by atoms with E-state index in [1.165, 1.54) is 30.9 Å². The van der Waals surface area contributed by atoms with E-state index in [-0.39, 0.29) is 11.2 Å². The molecule has 1 aliphatic carbocycles. The number of hydrogen-bond donors (Lipinski definition) is 0. The lowest BCUT2D eigenvalue weighted by atomic mass is 9.95. The van der Waals surface area contributed by atoms with Gasteiger partial charge in [0.2, 0.25) is 5.78 Å². The minimum absolute atomic E-state index is 0.310. The van der Waals surface area contributed by atoms with Crippen molar-refractivity contribution in [3.63, 3.8) is 0 Å². The summed E-state index contributed by atoms with van der Waals surface area (Å²) in [6, 6.07) is 8.04. The van der Waals surface area contributed by atoms with Gasteiger partial charge in [-0.05, 0) is 30.5 Å². The monoisotopic (exact) mass is 411 g/mol. The first-order valence-corrected chi connectivity index (χ1v) is 10.3. The lowest BCUT2D eigenvalue weighted by Gasteiger charge is -2.25. The van der Waals surface area contributed by atoms with Gasteiger partial charge in [-0.3, -0.25) is 18.3 Å². The van der Waals surface area contributed by atoms with Crippen LogP contribution in [0.5, 0.6) is 0 Å². The van der Waals surface area contributed by atoms with Gasteiger partial charge in [0.15, 0.2) is 11.2 Å². The summed E-state index contributed by atoms with van der Waals surface area (Å²) in [7, 11) is 3.16. The van der Waals surface area contributed by atoms with Crippen LogP contribution < -0.4 is 11.2 Å². The van der Waals surface area contributed by atoms with Gasteiger partial charge in [0, 0.05) is 31.4 Å². The average molecular weight is 412 g/mol. The van der Waals surface area contributed by atoms with Crippen molar-refractivity contribution in [1.82, 2.24) is 23.1 Å². The van der Waals surface area contributed by atoms with Crippen LogP contribution in [0, 0.1) is 0 Å². The molecule has 0 radical (unpaired) electrons. The number of nitrogens with zero attached hydrogens (tertiary/aromatic N) is 5. The third-order valence-electron chi connectivity index (χ3n) is 6.08. The van der Waals surface area contributed by atoms with Crippen LogP contribution in [0.2, 0.25) is 5.02 Å². The molecular weight excluding hydrogens is 390 g/mol. The van der Waals surface area contributed by atoms with E-state index in [4.69, 9.17) is 16.6 Å². The zero-order valence-corrected chi connectivity index (χ0v) is 17.2. The Hall–Kier alpha value is -2.80. The Balaban J connectivity index is 1.88. The summed E-state index contributed by atoms with van der Waals surface area (Å²) in [5.74, 6) is 0.704. The highest BCUT2D eigenvalue weighted by atomic mass is 35.5. The molecule has 150 valence electrons. The van der Waals surface area contributed by atoms with Gasteiger partial charge in [-0.2, -0.15) is 4.98 Å². The number of fused-ring (bicyclic) bond motifs is 3. The van der Waals surface area contributed by atoms with Crippen molar-refractivity contribution >= 4 is 28.5 Å². The minimum Gasteiger partial charge on any atom is -0.306 e. The number of aromatic nitrogens is 5. The van der Waals surface area contributed by atoms with E-state index < -0.39 is 0 Å². The van der Waals surface area contributed by atoms with Crippen LogP contribution in [0.15, 0.2) is 40.1 Å². The molecule has 1 aromatic carbocycles. The van der Waals surface area contributed by atoms with Gasteiger partial charge in [0.1, 0.15) is 0 Å². The molecule has 1 saturated carbocycles. The van der Waals surface area contributed by atoms with Gasteiger partial charge in [0.05, 0.1) is 5.69 Å². The third kappa shape index (κ3) is 2.68. The molecule has 0 aliphatic heterocycles.